The number of fused-ring (bicyclic) bond motifs is 1. The van der Waals surface area contributed by atoms with Crippen LogP contribution in [0.1, 0.15) is 9.67 Å². The summed E-state index contributed by atoms with van der Waals surface area (Å²) in [7, 11) is 1.44. The molecule has 0 unspecified atom stereocenters. The van der Waals surface area contributed by atoms with Crippen LogP contribution in [0.25, 0.3) is 10.1 Å². The average molecular weight is 302 g/mol. The van der Waals surface area contributed by atoms with Gasteiger partial charge in [-0.2, -0.15) is 0 Å². The van der Waals surface area contributed by atoms with Crippen molar-refractivity contribution in [1.82, 2.24) is 5.32 Å². The third-order valence-electron chi connectivity index (χ3n) is 2.39. The molecule has 0 aliphatic carbocycles. The van der Waals surface area contributed by atoms with Gasteiger partial charge in [0, 0.05) is 17.1 Å². The quantitative estimate of drug-likeness (QED) is 0.887. The van der Waals surface area contributed by atoms with Crippen molar-refractivity contribution in [3.05, 3.63) is 33.9 Å². The van der Waals surface area contributed by atoms with Gasteiger partial charge in [0.25, 0.3) is 5.91 Å². The second kappa shape index (κ2) is 5.54. The smallest absolute Gasteiger partial charge is 0.350 e. The van der Waals surface area contributed by atoms with Crippen LogP contribution in [0.15, 0.2) is 18.2 Å². The SMILES string of the molecule is CNC(=O)COC(=O)c1sc2cc(F)ccc2c1Cl. The maximum Gasteiger partial charge on any atom is 0.350 e. The van der Waals surface area contributed by atoms with Crippen LogP contribution in [0, 0.1) is 5.82 Å². The van der Waals surface area contributed by atoms with Crippen molar-refractivity contribution >= 4 is 44.9 Å². The van der Waals surface area contributed by atoms with Crippen molar-refractivity contribution in [2.45, 2.75) is 0 Å². The molecule has 1 amide bonds. The highest BCUT2D eigenvalue weighted by Crippen LogP contribution is 2.36. The van der Waals surface area contributed by atoms with Crippen LogP contribution < -0.4 is 5.32 Å². The lowest BCUT2D eigenvalue weighted by atomic mass is 10.2. The van der Waals surface area contributed by atoms with Crippen molar-refractivity contribution in [1.29, 1.82) is 0 Å². The van der Waals surface area contributed by atoms with Crippen LogP contribution in [-0.4, -0.2) is 25.5 Å². The molecule has 2 aromatic rings. The van der Waals surface area contributed by atoms with E-state index in [1.165, 1.54) is 25.2 Å². The van der Waals surface area contributed by atoms with Crippen molar-refractivity contribution in [3.63, 3.8) is 0 Å². The molecule has 0 aliphatic heterocycles. The molecule has 0 bridgehead atoms. The molecule has 0 fully saturated rings. The highest BCUT2D eigenvalue weighted by Gasteiger charge is 2.19. The van der Waals surface area contributed by atoms with Crippen molar-refractivity contribution in [3.8, 4) is 0 Å². The van der Waals surface area contributed by atoms with Gasteiger partial charge in [-0.3, -0.25) is 4.79 Å². The molecule has 0 aliphatic rings. The summed E-state index contributed by atoms with van der Waals surface area (Å²) in [5.41, 5.74) is 0. The monoisotopic (exact) mass is 301 g/mol. The van der Waals surface area contributed by atoms with Crippen LogP contribution in [0.4, 0.5) is 4.39 Å². The molecule has 0 saturated carbocycles. The molecule has 100 valence electrons. The number of benzene rings is 1. The van der Waals surface area contributed by atoms with Crippen LogP contribution in [0.3, 0.4) is 0 Å². The number of rotatable bonds is 3. The van der Waals surface area contributed by atoms with E-state index in [-0.39, 0.29) is 16.5 Å². The van der Waals surface area contributed by atoms with Crippen molar-refractivity contribution in [2.75, 3.05) is 13.7 Å². The molecule has 0 radical (unpaired) electrons. The normalized spacial score (nSPS) is 10.5. The fourth-order valence-electron chi connectivity index (χ4n) is 1.44. The van der Waals surface area contributed by atoms with E-state index < -0.39 is 17.7 Å². The Hall–Kier alpha value is -1.66. The summed E-state index contributed by atoms with van der Waals surface area (Å²) in [6, 6.07) is 4.06. The minimum absolute atomic E-state index is 0.158. The molecular weight excluding hydrogens is 293 g/mol. The number of halogens is 2. The van der Waals surface area contributed by atoms with E-state index in [4.69, 9.17) is 16.3 Å². The highest BCUT2D eigenvalue weighted by atomic mass is 35.5. The highest BCUT2D eigenvalue weighted by molar-refractivity contribution is 7.21. The topological polar surface area (TPSA) is 55.4 Å². The number of thiophene rings is 1. The Kier molecular flexibility index (Phi) is 4.01. The van der Waals surface area contributed by atoms with Gasteiger partial charge in [-0.1, -0.05) is 11.6 Å². The molecule has 4 nitrogen and oxygen atoms in total. The van der Waals surface area contributed by atoms with Gasteiger partial charge in [-0.25, -0.2) is 9.18 Å². The number of likely N-dealkylation sites (N-methyl/N-ethyl adjacent to an activating group) is 1. The zero-order valence-corrected chi connectivity index (χ0v) is 11.4. The molecule has 1 heterocycles. The number of carbonyl (C=O) groups excluding carboxylic acids is 2. The minimum Gasteiger partial charge on any atom is -0.451 e. The molecule has 1 N–H and O–H groups in total. The third kappa shape index (κ3) is 2.85. The first-order chi connectivity index (χ1) is 9.02. The molecule has 7 heteroatoms. The summed E-state index contributed by atoms with van der Waals surface area (Å²) in [4.78, 5) is 22.9. The largest absolute Gasteiger partial charge is 0.451 e. The number of ether oxygens (including phenoxy) is 1. The zero-order chi connectivity index (χ0) is 14.0. The first-order valence-electron chi connectivity index (χ1n) is 5.28. The molecule has 0 atom stereocenters. The Morgan fingerprint density at radius 2 is 2.21 bits per heavy atom. The number of nitrogens with one attached hydrogen (secondary N) is 1. The van der Waals surface area contributed by atoms with E-state index in [2.05, 4.69) is 5.32 Å². The first-order valence-corrected chi connectivity index (χ1v) is 6.47. The van der Waals surface area contributed by atoms with Gasteiger partial charge in [0.1, 0.15) is 10.7 Å². The van der Waals surface area contributed by atoms with E-state index in [9.17, 15) is 14.0 Å². The summed E-state index contributed by atoms with van der Waals surface area (Å²) >= 11 is 7.07. The van der Waals surface area contributed by atoms with Gasteiger partial charge in [0.15, 0.2) is 6.61 Å². The third-order valence-corrected chi connectivity index (χ3v) is 4.03. The molecule has 2 rings (SSSR count). The van der Waals surface area contributed by atoms with Gasteiger partial charge < -0.3 is 10.1 Å². The predicted octanol–water partition coefficient (Wildman–Crippen LogP) is 2.60. The fraction of sp³-hybridized carbons (Fsp3) is 0.167. The van der Waals surface area contributed by atoms with Crippen LogP contribution in [-0.2, 0) is 9.53 Å². The van der Waals surface area contributed by atoms with E-state index in [1.807, 2.05) is 0 Å². The summed E-state index contributed by atoms with van der Waals surface area (Å²) < 4.78 is 18.4. The number of hydrogen-bond donors (Lipinski definition) is 1. The Morgan fingerprint density at radius 3 is 2.89 bits per heavy atom. The summed E-state index contributed by atoms with van der Waals surface area (Å²) in [6.07, 6.45) is 0. The second-order valence-electron chi connectivity index (χ2n) is 3.63. The Labute approximate surface area is 117 Å². The maximum atomic E-state index is 13.1. The lowest BCUT2D eigenvalue weighted by molar-refractivity contribution is -0.123. The van der Waals surface area contributed by atoms with E-state index >= 15 is 0 Å². The maximum absolute atomic E-state index is 13.1. The Balaban J connectivity index is 2.27. The van der Waals surface area contributed by atoms with E-state index in [0.29, 0.717) is 10.1 Å². The van der Waals surface area contributed by atoms with Crippen molar-refractivity contribution < 1.29 is 18.7 Å². The first kappa shape index (κ1) is 13.8. The van der Waals surface area contributed by atoms with Gasteiger partial charge in [-0.15, -0.1) is 11.3 Å². The summed E-state index contributed by atoms with van der Waals surface area (Å²) in [5, 5.41) is 3.12. The van der Waals surface area contributed by atoms with Crippen LogP contribution in [0.2, 0.25) is 5.02 Å². The molecule has 1 aromatic heterocycles. The van der Waals surface area contributed by atoms with E-state index in [0.717, 1.165) is 11.3 Å². The lowest BCUT2D eigenvalue weighted by Crippen LogP contribution is -2.24. The van der Waals surface area contributed by atoms with Crippen LogP contribution >= 0.6 is 22.9 Å². The molecule has 19 heavy (non-hydrogen) atoms. The number of amides is 1. The fourth-order valence-corrected chi connectivity index (χ4v) is 2.87. The predicted molar refractivity (Wildman–Crippen MR) is 71.1 cm³/mol. The molecule has 0 saturated heterocycles. The lowest BCUT2D eigenvalue weighted by Gasteiger charge is -2.01. The summed E-state index contributed by atoms with van der Waals surface area (Å²) in [5.74, 6) is -1.53. The van der Waals surface area contributed by atoms with Crippen LogP contribution in [0.5, 0.6) is 0 Å². The molecule has 1 aromatic carbocycles. The molecule has 0 spiro atoms. The van der Waals surface area contributed by atoms with Crippen molar-refractivity contribution in [2.24, 2.45) is 0 Å². The standard InChI is InChI=1S/C12H9ClFNO3S/c1-15-9(16)5-18-12(17)11-10(13)7-3-2-6(14)4-8(7)19-11/h2-4H,5H2,1H3,(H,15,16). The minimum atomic E-state index is -0.699. The van der Waals surface area contributed by atoms with Gasteiger partial charge in [0.2, 0.25) is 0 Å². The Morgan fingerprint density at radius 1 is 1.47 bits per heavy atom. The molecular formula is C12H9ClFNO3S. The average Bonchev–Trinajstić information content (AvgIpc) is 2.72. The van der Waals surface area contributed by atoms with Gasteiger partial charge in [-0.05, 0) is 18.2 Å². The number of carbonyl (C=O) groups is 2. The second-order valence-corrected chi connectivity index (χ2v) is 5.07. The van der Waals surface area contributed by atoms with E-state index in [1.54, 1.807) is 0 Å². The van der Waals surface area contributed by atoms with Gasteiger partial charge >= 0.3 is 5.97 Å². The zero-order valence-electron chi connectivity index (χ0n) is 9.83. The number of hydrogen-bond acceptors (Lipinski definition) is 4. The Bertz CT molecular complexity index is 656. The number of esters is 1. The van der Waals surface area contributed by atoms with Gasteiger partial charge in [0.05, 0.1) is 5.02 Å². The summed E-state index contributed by atoms with van der Waals surface area (Å²) in [6.45, 7) is -0.381.